The number of benzene rings is 1. The zero-order valence-corrected chi connectivity index (χ0v) is 13.3. The smallest absolute Gasteiger partial charge is 0.0594 e. The maximum Gasteiger partial charge on any atom is 0.0594 e. The first-order valence-electron chi connectivity index (χ1n) is 7.36. The molecule has 1 N–H and O–H groups in total. The lowest BCUT2D eigenvalue weighted by atomic mass is 9.98. The Bertz CT molecular complexity index is 360. The van der Waals surface area contributed by atoms with Crippen molar-refractivity contribution in [2.24, 2.45) is 0 Å². The van der Waals surface area contributed by atoms with E-state index < -0.39 is 0 Å². The third kappa shape index (κ3) is 5.25. The fraction of sp³-hybridized carbons (Fsp3) is 0.625. The molecule has 1 saturated carbocycles. The minimum atomic E-state index is 0.378. The van der Waals surface area contributed by atoms with Crippen LogP contribution in [0.4, 0.5) is 0 Å². The van der Waals surface area contributed by atoms with E-state index in [0.29, 0.717) is 12.1 Å². The monoisotopic (exact) mass is 325 g/mol. The number of rotatable bonds is 6. The van der Waals surface area contributed by atoms with Crippen LogP contribution in [-0.4, -0.2) is 19.3 Å². The highest BCUT2D eigenvalue weighted by Gasteiger charge is 2.13. The second kappa shape index (κ2) is 8.03. The van der Waals surface area contributed by atoms with Gasteiger partial charge in [0.1, 0.15) is 0 Å². The van der Waals surface area contributed by atoms with Gasteiger partial charge < -0.3 is 10.1 Å². The van der Waals surface area contributed by atoms with Gasteiger partial charge in [0.15, 0.2) is 0 Å². The van der Waals surface area contributed by atoms with Gasteiger partial charge in [-0.3, -0.25) is 0 Å². The van der Waals surface area contributed by atoms with E-state index in [1.807, 2.05) is 0 Å². The van der Waals surface area contributed by atoms with E-state index in [-0.39, 0.29) is 0 Å². The lowest BCUT2D eigenvalue weighted by molar-refractivity contribution is 0.0295. The van der Waals surface area contributed by atoms with Crippen LogP contribution in [0.25, 0.3) is 0 Å². The summed E-state index contributed by atoms with van der Waals surface area (Å²) in [4.78, 5) is 0. The van der Waals surface area contributed by atoms with E-state index in [1.54, 1.807) is 0 Å². The third-order valence-electron chi connectivity index (χ3n) is 3.83. The van der Waals surface area contributed by atoms with Crippen molar-refractivity contribution in [3.63, 3.8) is 0 Å². The summed E-state index contributed by atoms with van der Waals surface area (Å²) in [6, 6.07) is 8.87. The van der Waals surface area contributed by atoms with Gasteiger partial charge in [-0.25, -0.2) is 0 Å². The topological polar surface area (TPSA) is 21.3 Å². The second-order valence-electron chi connectivity index (χ2n) is 5.36. The molecule has 2 nitrogen and oxygen atoms in total. The molecule has 106 valence electrons. The molecule has 1 aromatic rings. The highest BCUT2D eigenvalue weighted by atomic mass is 79.9. The molecule has 19 heavy (non-hydrogen) atoms. The maximum atomic E-state index is 5.92. The molecule has 1 aliphatic carbocycles. The van der Waals surface area contributed by atoms with Crippen molar-refractivity contribution in [1.82, 2.24) is 5.32 Å². The van der Waals surface area contributed by atoms with Gasteiger partial charge >= 0.3 is 0 Å². The summed E-state index contributed by atoms with van der Waals surface area (Å²) in [5, 5.41) is 3.52. The van der Waals surface area contributed by atoms with E-state index in [1.165, 1.54) is 37.7 Å². The predicted molar refractivity (Wildman–Crippen MR) is 83.4 cm³/mol. The largest absolute Gasteiger partial charge is 0.377 e. The average molecular weight is 326 g/mol. The molecule has 0 amide bonds. The molecule has 0 heterocycles. The molecule has 0 saturated heterocycles. The van der Waals surface area contributed by atoms with Crippen LogP contribution in [0.5, 0.6) is 0 Å². The Morgan fingerprint density at radius 1 is 1.21 bits per heavy atom. The SMILES string of the molecule is CC(NCCOC1CCCCC1)c1ccc(Br)cc1. The standard InChI is InChI=1S/C16H24BrNO/c1-13(14-7-9-15(17)10-8-14)18-11-12-19-16-5-3-2-4-6-16/h7-10,13,16,18H,2-6,11-12H2,1H3. The minimum Gasteiger partial charge on any atom is -0.377 e. The summed E-state index contributed by atoms with van der Waals surface area (Å²) in [5.41, 5.74) is 1.32. The number of nitrogens with one attached hydrogen (secondary N) is 1. The van der Waals surface area contributed by atoms with E-state index in [2.05, 4.69) is 52.4 Å². The van der Waals surface area contributed by atoms with E-state index >= 15 is 0 Å². The molecule has 0 aliphatic heterocycles. The van der Waals surface area contributed by atoms with Gasteiger partial charge in [-0.15, -0.1) is 0 Å². The second-order valence-corrected chi connectivity index (χ2v) is 6.27. The number of hydrogen-bond acceptors (Lipinski definition) is 2. The Labute approximate surface area is 125 Å². The van der Waals surface area contributed by atoms with Crippen molar-refractivity contribution in [1.29, 1.82) is 0 Å². The van der Waals surface area contributed by atoms with Gasteiger partial charge in [0.2, 0.25) is 0 Å². The average Bonchev–Trinajstić information content (AvgIpc) is 2.45. The van der Waals surface area contributed by atoms with Gasteiger partial charge in [0.25, 0.3) is 0 Å². The van der Waals surface area contributed by atoms with Gasteiger partial charge in [0, 0.05) is 17.1 Å². The molecule has 3 heteroatoms. The molecule has 0 radical (unpaired) electrons. The number of halogens is 1. The van der Waals surface area contributed by atoms with E-state index in [0.717, 1.165) is 17.6 Å². The molecule has 0 spiro atoms. The molecule has 1 fully saturated rings. The normalized spacial score (nSPS) is 18.4. The van der Waals surface area contributed by atoms with Crippen LogP contribution in [0.3, 0.4) is 0 Å². The molecule has 1 atom stereocenters. The van der Waals surface area contributed by atoms with Crippen LogP contribution in [-0.2, 0) is 4.74 Å². The van der Waals surface area contributed by atoms with Crippen LogP contribution in [0.2, 0.25) is 0 Å². The molecule has 1 unspecified atom stereocenters. The van der Waals surface area contributed by atoms with Crippen molar-refractivity contribution in [3.8, 4) is 0 Å². The fourth-order valence-corrected chi connectivity index (χ4v) is 2.87. The van der Waals surface area contributed by atoms with E-state index in [4.69, 9.17) is 4.74 Å². The molecule has 0 bridgehead atoms. The molecule has 2 rings (SSSR count). The molecular formula is C16H24BrNO. The Balaban J connectivity index is 1.63. The predicted octanol–water partition coefficient (Wildman–Crippen LogP) is 4.45. The van der Waals surface area contributed by atoms with Crippen molar-refractivity contribution >= 4 is 15.9 Å². The maximum absolute atomic E-state index is 5.92. The Morgan fingerprint density at radius 3 is 2.58 bits per heavy atom. The molecular weight excluding hydrogens is 302 g/mol. The minimum absolute atomic E-state index is 0.378. The molecule has 1 aromatic carbocycles. The van der Waals surface area contributed by atoms with Crippen molar-refractivity contribution < 1.29 is 4.74 Å². The van der Waals surface area contributed by atoms with Crippen LogP contribution < -0.4 is 5.32 Å². The van der Waals surface area contributed by atoms with Crippen molar-refractivity contribution in [2.45, 2.75) is 51.2 Å². The van der Waals surface area contributed by atoms with Gasteiger partial charge in [-0.05, 0) is 37.5 Å². The van der Waals surface area contributed by atoms with Crippen LogP contribution in [0.15, 0.2) is 28.7 Å². The first-order valence-corrected chi connectivity index (χ1v) is 8.15. The molecule has 0 aromatic heterocycles. The van der Waals surface area contributed by atoms with Gasteiger partial charge in [-0.2, -0.15) is 0 Å². The first-order chi connectivity index (χ1) is 9.25. The third-order valence-corrected chi connectivity index (χ3v) is 4.36. The van der Waals surface area contributed by atoms with Crippen molar-refractivity contribution in [3.05, 3.63) is 34.3 Å². The highest BCUT2D eigenvalue weighted by molar-refractivity contribution is 9.10. The van der Waals surface area contributed by atoms with Gasteiger partial charge in [-0.1, -0.05) is 47.3 Å². The van der Waals surface area contributed by atoms with Crippen LogP contribution in [0, 0.1) is 0 Å². The van der Waals surface area contributed by atoms with Crippen LogP contribution >= 0.6 is 15.9 Å². The molecule has 1 aliphatic rings. The summed E-state index contributed by atoms with van der Waals surface area (Å²) >= 11 is 3.46. The van der Waals surface area contributed by atoms with Crippen molar-refractivity contribution in [2.75, 3.05) is 13.2 Å². The summed E-state index contributed by atoms with van der Waals surface area (Å²) in [5.74, 6) is 0. The number of hydrogen-bond donors (Lipinski definition) is 1. The lowest BCUT2D eigenvalue weighted by Crippen LogP contribution is -2.26. The zero-order chi connectivity index (χ0) is 13.5. The fourth-order valence-electron chi connectivity index (χ4n) is 2.60. The Kier molecular flexibility index (Phi) is 6.35. The quantitative estimate of drug-likeness (QED) is 0.780. The summed E-state index contributed by atoms with van der Waals surface area (Å²) in [7, 11) is 0. The van der Waals surface area contributed by atoms with Crippen LogP contribution in [0.1, 0.15) is 50.6 Å². The summed E-state index contributed by atoms with van der Waals surface area (Å²) < 4.78 is 7.05. The highest BCUT2D eigenvalue weighted by Crippen LogP contribution is 2.20. The zero-order valence-electron chi connectivity index (χ0n) is 11.7. The first kappa shape index (κ1) is 15.0. The Hall–Kier alpha value is -0.380. The van der Waals surface area contributed by atoms with E-state index in [9.17, 15) is 0 Å². The summed E-state index contributed by atoms with van der Waals surface area (Å²) in [6.07, 6.45) is 7.09. The number of ether oxygens (including phenoxy) is 1. The Morgan fingerprint density at radius 2 is 1.89 bits per heavy atom. The van der Waals surface area contributed by atoms with Gasteiger partial charge in [0.05, 0.1) is 12.7 Å². The lowest BCUT2D eigenvalue weighted by Gasteiger charge is -2.22. The summed E-state index contributed by atoms with van der Waals surface area (Å²) in [6.45, 7) is 3.95.